The maximum absolute atomic E-state index is 11.9. The van der Waals surface area contributed by atoms with Crippen LogP contribution < -0.4 is 5.32 Å². The van der Waals surface area contributed by atoms with Gasteiger partial charge in [-0.15, -0.1) is 0 Å². The topological polar surface area (TPSA) is 58.6 Å². The van der Waals surface area contributed by atoms with Crippen LogP contribution in [0, 0.1) is 18.8 Å². The number of carbonyl (C=O) groups excluding carboxylic acids is 1. The molecule has 19 heavy (non-hydrogen) atoms. The summed E-state index contributed by atoms with van der Waals surface area (Å²) in [5, 5.41) is 11.5. The van der Waals surface area contributed by atoms with Crippen LogP contribution in [0.3, 0.4) is 0 Å². The minimum Gasteiger partial charge on any atom is -0.384 e. The van der Waals surface area contributed by atoms with Crippen molar-refractivity contribution in [3.05, 3.63) is 34.9 Å². The molecule has 4 nitrogen and oxygen atoms in total. The zero-order valence-electron chi connectivity index (χ0n) is 11.3. The molecule has 4 heteroatoms. The standard InChI is InChI=1S/C15H19NO3/c1-3-19-10-8-16-15(18)14-7-6-12(2)13(11-14)5-4-9-17/h6-7,11,17H,3,8-10H2,1-2H3,(H,16,18). The highest BCUT2D eigenvalue weighted by Gasteiger charge is 2.06. The molecule has 1 amide bonds. The second kappa shape index (κ2) is 8.30. The van der Waals surface area contributed by atoms with Gasteiger partial charge in [-0.1, -0.05) is 17.9 Å². The minimum atomic E-state index is -0.190. The van der Waals surface area contributed by atoms with Gasteiger partial charge in [-0.25, -0.2) is 0 Å². The Morgan fingerprint density at radius 2 is 2.26 bits per heavy atom. The number of benzene rings is 1. The van der Waals surface area contributed by atoms with Crippen LogP contribution >= 0.6 is 0 Å². The summed E-state index contributed by atoms with van der Waals surface area (Å²) in [5.41, 5.74) is 2.29. The molecule has 0 aliphatic carbocycles. The Balaban J connectivity index is 2.70. The summed E-state index contributed by atoms with van der Waals surface area (Å²) in [6, 6.07) is 5.34. The van der Waals surface area contributed by atoms with E-state index in [2.05, 4.69) is 17.2 Å². The molecule has 0 saturated heterocycles. The predicted molar refractivity (Wildman–Crippen MR) is 74.0 cm³/mol. The Morgan fingerprint density at radius 1 is 1.47 bits per heavy atom. The van der Waals surface area contributed by atoms with Crippen molar-refractivity contribution in [1.29, 1.82) is 0 Å². The summed E-state index contributed by atoms with van der Waals surface area (Å²) in [6.07, 6.45) is 0. The Bertz CT molecular complexity index is 486. The van der Waals surface area contributed by atoms with Crippen molar-refractivity contribution in [3.63, 3.8) is 0 Å². The van der Waals surface area contributed by atoms with E-state index in [0.717, 1.165) is 11.1 Å². The first-order valence-electron chi connectivity index (χ1n) is 6.25. The van der Waals surface area contributed by atoms with E-state index < -0.39 is 0 Å². The monoisotopic (exact) mass is 261 g/mol. The lowest BCUT2D eigenvalue weighted by Gasteiger charge is -2.06. The molecule has 1 aromatic carbocycles. The van der Waals surface area contributed by atoms with Gasteiger partial charge in [0.25, 0.3) is 5.91 Å². The molecule has 0 fully saturated rings. The van der Waals surface area contributed by atoms with Gasteiger partial charge in [0.1, 0.15) is 6.61 Å². The minimum absolute atomic E-state index is 0.147. The van der Waals surface area contributed by atoms with Gasteiger partial charge >= 0.3 is 0 Å². The summed E-state index contributed by atoms with van der Waals surface area (Å²) >= 11 is 0. The molecule has 0 bridgehead atoms. The zero-order valence-corrected chi connectivity index (χ0v) is 11.3. The van der Waals surface area contributed by atoms with E-state index in [0.29, 0.717) is 25.3 Å². The van der Waals surface area contributed by atoms with Crippen LogP contribution in [0.4, 0.5) is 0 Å². The number of rotatable bonds is 5. The van der Waals surface area contributed by atoms with Gasteiger partial charge in [0.05, 0.1) is 6.61 Å². The number of ether oxygens (including phenoxy) is 1. The van der Waals surface area contributed by atoms with E-state index >= 15 is 0 Å². The van der Waals surface area contributed by atoms with E-state index in [1.807, 2.05) is 19.9 Å². The fourth-order valence-electron chi connectivity index (χ4n) is 1.52. The smallest absolute Gasteiger partial charge is 0.251 e. The second-order valence-electron chi connectivity index (χ2n) is 3.94. The first kappa shape index (κ1) is 15.2. The molecule has 0 radical (unpaired) electrons. The highest BCUT2D eigenvalue weighted by Crippen LogP contribution is 2.10. The number of amides is 1. The third-order valence-corrected chi connectivity index (χ3v) is 2.54. The average Bonchev–Trinajstić information content (AvgIpc) is 2.42. The second-order valence-corrected chi connectivity index (χ2v) is 3.94. The Kier molecular flexibility index (Phi) is 6.65. The summed E-state index contributed by atoms with van der Waals surface area (Å²) in [5.74, 6) is 5.27. The number of carbonyl (C=O) groups is 1. The van der Waals surface area contributed by atoms with Crippen LogP contribution in [0.5, 0.6) is 0 Å². The molecule has 0 heterocycles. The lowest BCUT2D eigenvalue weighted by atomic mass is 10.0. The number of aryl methyl sites for hydroxylation is 1. The number of aliphatic hydroxyl groups is 1. The van der Waals surface area contributed by atoms with Crippen LogP contribution in [0.25, 0.3) is 0 Å². The van der Waals surface area contributed by atoms with Crippen molar-refractivity contribution < 1.29 is 14.6 Å². The lowest BCUT2D eigenvalue weighted by molar-refractivity contribution is 0.0922. The summed E-state index contributed by atoms with van der Waals surface area (Å²) in [7, 11) is 0. The van der Waals surface area contributed by atoms with Gasteiger partial charge in [-0.05, 0) is 31.5 Å². The molecule has 102 valence electrons. The van der Waals surface area contributed by atoms with Crippen molar-refractivity contribution >= 4 is 5.91 Å². The molecule has 1 rings (SSSR count). The molecular weight excluding hydrogens is 242 g/mol. The van der Waals surface area contributed by atoms with E-state index in [-0.39, 0.29) is 12.5 Å². The molecular formula is C15H19NO3. The van der Waals surface area contributed by atoms with E-state index in [4.69, 9.17) is 9.84 Å². The highest BCUT2D eigenvalue weighted by atomic mass is 16.5. The van der Waals surface area contributed by atoms with Crippen molar-refractivity contribution in [2.75, 3.05) is 26.4 Å². The lowest BCUT2D eigenvalue weighted by Crippen LogP contribution is -2.27. The van der Waals surface area contributed by atoms with Crippen molar-refractivity contribution in [2.45, 2.75) is 13.8 Å². The van der Waals surface area contributed by atoms with E-state index in [9.17, 15) is 4.79 Å². The van der Waals surface area contributed by atoms with Gasteiger partial charge in [-0.2, -0.15) is 0 Å². The zero-order chi connectivity index (χ0) is 14.1. The van der Waals surface area contributed by atoms with E-state index in [1.54, 1.807) is 12.1 Å². The van der Waals surface area contributed by atoms with Gasteiger partial charge < -0.3 is 15.2 Å². The molecule has 2 N–H and O–H groups in total. The molecule has 0 aromatic heterocycles. The van der Waals surface area contributed by atoms with Crippen LogP contribution in [0.2, 0.25) is 0 Å². The maximum atomic E-state index is 11.9. The number of hydrogen-bond acceptors (Lipinski definition) is 3. The van der Waals surface area contributed by atoms with Crippen molar-refractivity contribution in [2.24, 2.45) is 0 Å². The van der Waals surface area contributed by atoms with E-state index in [1.165, 1.54) is 0 Å². The van der Waals surface area contributed by atoms with Crippen molar-refractivity contribution in [3.8, 4) is 11.8 Å². The average molecular weight is 261 g/mol. The maximum Gasteiger partial charge on any atom is 0.251 e. The predicted octanol–water partition coefficient (Wildman–Crippen LogP) is 1.11. The molecule has 0 spiro atoms. The van der Waals surface area contributed by atoms with Crippen LogP contribution in [-0.2, 0) is 4.74 Å². The number of aliphatic hydroxyl groups excluding tert-OH is 1. The van der Waals surface area contributed by atoms with Gasteiger partial charge in [-0.3, -0.25) is 4.79 Å². The Labute approximate surface area is 113 Å². The highest BCUT2D eigenvalue weighted by molar-refractivity contribution is 5.94. The van der Waals surface area contributed by atoms with Crippen LogP contribution in [0.1, 0.15) is 28.4 Å². The molecule has 0 aliphatic rings. The largest absolute Gasteiger partial charge is 0.384 e. The van der Waals surface area contributed by atoms with Crippen molar-refractivity contribution in [1.82, 2.24) is 5.32 Å². The molecule has 0 aliphatic heterocycles. The molecule has 0 atom stereocenters. The quantitative estimate of drug-likeness (QED) is 0.616. The van der Waals surface area contributed by atoms with Crippen LogP contribution in [0.15, 0.2) is 18.2 Å². The fraction of sp³-hybridized carbons (Fsp3) is 0.400. The first-order chi connectivity index (χ1) is 9.19. The Hall–Kier alpha value is -1.83. The number of hydrogen-bond donors (Lipinski definition) is 2. The molecule has 0 unspecified atom stereocenters. The van der Waals surface area contributed by atoms with Gasteiger partial charge in [0.15, 0.2) is 0 Å². The SMILES string of the molecule is CCOCCNC(=O)c1ccc(C)c(C#CCO)c1. The summed E-state index contributed by atoms with van der Waals surface area (Å²) in [4.78, 5) is 11.9. The molecule has 0 saturated carbocycles. The number of nitrogens with one attached hydrogen (secondary N) is 1. The third kappa shape index (κ3) is 5.12. The van der Waals surface area contributed by atoms with Crippen LogP contribution in [-0.4, -0.2) is 37.4 Å². The normalized spacial score (nSPS) is 9.63. The summed E-state index contributed by atoms with van der Waals surface area (Å²) < 4.78 is 5.15. The Morgan fingerprint density at radius 3 is 2.95 bits per heavy atom. The van der Waals surface area contributed by atoms with Gasteiger partial charge in [0, 0.05) is 24.3 Å². The van der Waals surface area contributed by atoms with Gasteiger partial charge in [0.2, 0.25) is 0 Å². The fourth-order valence-corrected chi connectivity index (χ4v) is 1.52. The molecule has 1 aromatic rings. The first-order valence-corrected chi connectivity index (χ1v) is 6.25. The summed E-state index contributed by atoms with van der Waals surface area (Å²) in [6.45, 7) is 5.26. The third-order valence-electron chi connectivity index (χ3n) is 2.54.